The van der Waals surface area contributed by atoms with E-state index in [1.807, 2.05) is 22.9 Å². The highest BCUT2D eigenvalue weighted by Crippen LogP contribution is 2.17. The highest BCUT2D eigenvalue weighted by atomic mass is 32.1. The molecule has 0 unspecified atom stereocenters. The Balaban J connectivity index is 1.79. The quantitative estimate of drug-likeness (QED) is 0.801. The molecule has 2 nitrogen and oxygen atoms in total. The van der Waals surface area contributed by atoms with Crippen LogP contribution in [0.1, 0.15) is 37.7 Å². The highest BCUT2D eigenvalue weighted by Gasteiger charge is 2.13. The van der Waals surface area contributed by atoms with Gasteiger partial charge in [0.25, 0.3) is 0 Å². The number of hydrogen-bond acceptors (Lipinski definition) is 2. The van der Waals surface area contributed by atoms with Crippen LogP contribution in [0.25, 0.3) is 6.08 Å². The van der Waals surface area contributed by atoms with E-state index in [1.165, 1.54) is 19.3 Å². The minimum absolute atomic E-state index is 0.0399. The zero-order chi connectivity index (χ0) is 11.2. The number of amides is 1. The van der Waals surface area contributed by atoms with E-state index in [0.29, 0.717) is 6.04 Å². The fourth-order valence-corrected chi connectivity index (χ4v) is 2.67. The van der Waals surface area contributed by atoms with Crippen molar-refractivity contribution in [3.8, 4) is 0 Å². The van der Waals surface area contributed by atoms with Crippen molar-refractivity contribution < 1.29 is 4.79 Å². The van der Waals surface area contributed by atoms with Gasteiger partial charge in [0.2, 0.25) is 5.91 Å². The lowest BCUT2D eigenvalue weighted by molar-refractivity contribution is -0.117. The molecule has 0 atom stereocenters. The monoisotopic (exact) mass is 235 g/mol. The average Bonchev–Trinajstić information content (AvgIpc) is 2.81. The van der Waals surface area contributed by atoms with Crippen molar-refractivity contribution in [2.45, 2.75) is 38.1 Å². The third-order valence-corrected chi connectivity index (χ3v) is 3.62. The molecule has 1 aliphatic rings. The maximum absolute atomic E-state index is 11.6. The molecule has 3 heteroatoms. The molecule has 2 rings (SSSR count). The van der Waals surface area contributed by atoms with E-state index in [2.05, 4.69) is 5.32 Å². The number of hydrogen-bond donors (Lipinski definition) is 1. The van der Waals surface area contributed by atoms with E-state index >= 15 is 0 Å². The lowest BCUT2D eigenvalue weighted by atomic mass is 9.95. The van der Waals surface area contributed by atoms with Crippen LogP contribution in [0.15, 0.2) is 22.9 Å². The van der Waals surface area contributed by atoms with Crippen LogP contribution in [0.2, 0.25) is 0 Å². The zero-order valence-corrected chi connectivity index (χ0v) is 10.1. The second kappa shape index (κ2) is 5.85. The van der Waals surface area contributed by atoms with Gasteiger partial charge in [-0.25, -0.2) is 0 Å². The SMILES string of the molecule is O=C(/C=C/c1ccsc1)NC1CCCCC1. The summed E-state index contributed by atoms with van der Waals surface area (Å²) in [5.41, 5.74) is 1.10. The Bertz CT molecular complexity index is 350. The average molecular weight is 235 g/mol. The first-order valence-corrected chi connectivity index (χ1v) is 6.79. The molecule has 86 valence electrons. The first-order chi connectivity index (χ1) is 7.84. The standard InChI is InChI=1S/C13H17NOS/c15-13(7-6-11-8-9-16-10-11)14-12-4-2-1-3-5-12/h6-10,12H,1-5H2,(H,14,15)/b7-6+. The molecular formula is C13H17NOS. The number of nitrogens with one attached hydrogen (secondary N) is 1. The molecule has 0 saturated heterocycles. The Morgan fingerprint density at radius 3 is 2.88 bits per heavy atom. The van der Waals surface area contributed by atoms with Crippen molar-refractivity contribution >= 4 is 23.3 Å². The summed E-state index contributed by atoms with van der Waals surface area (Å²) in [5, 5.41) is 7.10. The van der Waals surface area contributed by atoms with Crippen LogP contribution < -0.4 is 5.32 Å². The summed E-state index contributed by atoms with van der Waals surface area (Å²) in [6.07, 6.45) is 9.59. The molecule has 0 aromatic carbocycles. The predicted molar refractivity (Wildman–Crippen MR) is 68.4 cm³/mol. The molecule has 1 amide bonds. The Hall–Kier alpha value is -1.09. The number of carbonyl (C=O) groups excluding carboxylic acids is 1. The van der Waals surface area contributed by atoms with Crippen molar-refractivity contribution in [1.82, 2.24) is 5.32 Å². The minimum Gasteiger partial charge on any atom is -0.350 e. The summed E-state index contributed by atoms with van der Waals surface area (Å²) in [4.78, 5) is 11.6. The van der Waals surface area contributed by atoms with Crippen LogP contribution in [0, 0.1) is 0 Å². The van der Waals surface area contributed by atoms with Gasteiger partial charge in [0.15, 0.2) is 0 Å². The maximum atomic E-state index is 11.6. The molecule has 0 aliphatic heterocycles. The van der Waals surface area contributed by atoms with E-state index in [4.69, 9.17) is 0 Å². The summed E-state index contributed by atoms with van der Waals surface area (Å²) in [6, 6.07) is 2.41. The molecule has 0 bridgehead atoms. The Labute approximate surface area is 100 Å². The summed E-state index contributed by atoms with van der Waals surface area (Å²) >= 11 is 1.64. The third-order valence-electron chi connectivity index (χ3n) is 2.92. The Morgan fingerprint density at radius 2 is 2.19 bits per heavy atom. The molecule has 1 aromatic heterocycles. The highest BCUT2D eigenvalue weighted by molar-refractivity contribution is 7.08. The normalized spacial score (nSPS) is 17.8. The van der Waals surface area contributed by atoms with Crippen LogP contribution in [0.3, 0.4) is 0 Å². The molecule has 1 aromatic rings. The van der Waals surface area contributed by atoms with Crippen molar-refractivity contribution in [2.24, 2.45) is 0 Å². The first kappa shape index (κ1) is 11.4. The van der Waals surface area contributed by atoms with E-state index in [-0.39, 0.29) is 5.91 Å². The van der Waals surface area contributed by atoms with E-state index < -0.39 is 0 Å². The molecule has 0 radical (unpaired) electrons. The van der Waals surface area contributed by atoms with Gasteiger partial charge in [0.05, 0.1) is 0 Å². The third kappa shape index (κ3) is 3.49. The van der Waals surface area contributed by atoms with Crippen molar-refractivity contribution in [3.05, 3.63) is 28.5 Å². The smallest absolute Gasteiger partial charge is 0.244 e. The molecular weight excluding hydrogens is 218 g/mol. The Kier molecular flexibility index (Phi) is 4.17. The van der Waals surface area contributed by atoms with Crippen molar-refractivity contribution in [2.75, 3.05) is 0 Å². The molecule has 1 heterocycles. The number of rotatable bonds is 3. The van der Waals surface area contributed by atoms with Crippen LogP contribution in [-0.2, 0) is 4.79 Å². The molecule has 1 N–H and O–H groups in total. The van der Waals surface area contributed by atoms with Crippen LogP contribution in [0.4, 0.5) is 0 Å². The molecule has 1 fully saturated rings. The number of thiophene rings is 1. The lowest BCUT2D eigenvalue weighted by Crippen LogP contribution is -2.34. The lowest BCUT2D eigenvalue weighted by Gasteiger charge is -2.21. The van der Waals surface area contributed by atoms with E-state index in [9.17, 15) is 4.79 Å². The van der Waals surface area contributed by atoms with Gasteiger partial charge in [-0.1, -0.05) is 19.3 Å². The second-order valence-electron chi connectivity index (χ2n) is 4.23. The maximum Gasteiger partial charge on any atom is 0.244 e. The number of carbonyl (C=O) groups is 1. The van der Waals surface area contributed by atoms with Crippen LogP contribution in [0.5, 0.6) is 0 Å². The fraction of sp³-hybridized carbons (Fsp3) is 0.462. The van der Waals surface area contributed by atoms with Gasteiger partial charge in [-0.05, 0) is 41.3 Å². The topological polar surface area (TPSA) is 29.1 Å². The minimum atomic E-state index is 0.0399. The van der Waals surface area contributed by atoms with Crippen molar-refractivity contribution in [1.29, 1.82) is 0 Å². The molecule has 1 saturated carbocycles. The van der Waals surface area contributed by atoms with Crippen LogP contribution in [-0.4, -0.2) is 11.9 Å². The second-order valence-corrected chi connectivity index (χ2v) is 5.01. The van der Waals surface area contributed by atoms with Gasteiger partial charge in [0, 0.05) is 12.1 Å². The summed E-state index contributed by atoms with van der Waals surface area (Å²) < 4.78 is 0. The first-order valence-electron chi connectivity index (χ1n) is 5.85. The Morgan fingerprint density at radius 1 is 1.38 bits per heavy atom. The molecule has 1 aliphatic carbocycles. The fourth-order valence-electron chi connectivity index (χ4n) is 2.04. The predicted octanol–water partition coefficient (Wildman–Crippen LogP) is 3.21. The van der Waals surface area contributed by atoms with Gasteiger partial charge in [-0.3, -0.25) is 4.79 Å². The van der Waals surface area contributed by atoms with Gasteiger partial charge >= 0.3 is 0 Å². The van der Waals surface area contributed by atoms with Gasteiger partial charge in [-0.2, -0.15) is 11.3 Å². The van der Waals surface area contributed by atoms with E-state index in [1.54, 1.807) is 17.4 Å². The summed E-state index contributed by atoms with van der Waals surface area (Å²) in [6.45, 7) is 0. The van der Waals surface area contributed by atoms with Gasteiger partial charge < -0.3 is 5.32 Å². The van der Waals surface area contributed by atoms with Crippen LogP contribution >= 0.6 is 11.3 Å². The van der Waals surface area contributed by atoms with Gasteiger partial charge in [-0.15, -0.1) is 0 Å². The summed E-state index contributed by atoms with van der Waals surface area (Å²) in [5.74, 6) is 0.0399. The summed E-state index contributed by atoms with van der Waals surface area (Å²) in [7, 11) is 0. The zero-order valence-electron chi connectivity index (χ0n) is 9.32. The van der Waals surface area contributed by atoms with E-state index in [0.717, 1.165) is 18.4 Å². The molecule has 16 heavy (non-hydrogen) atoms. The van der Waals surface area contributed by atoms with Crippen molar-refractivity contribution in [3.63, 3.8) is 0 Å². The van der Waals surface area contributed by atoms with Gasteiger partial charge in [0.1, 0.15) is 0 Å². The molecule has 0 spiro atoms. The largest absolute Gasteiger partial charge is 0.350 e.